The van der Waals surface area contributed by atoms with Crippen LogP contribution < -0.4 is 10.6 Å². The number of carbonyl (C=O) groups excluding carboxylic acids is 1. The lowest BCUT2D eigenvalue weighted by atomic mass is 10.2. The fourth-order valence-corrected chi connectivity index (χ4v) is 1.23. The molecule has 0 aliphatic carbocycles. The van der Waals surface area contributed by atoms with E-state index in [1.54, 1.807) is 24.3 Å². The second kappa shape index (κ2) is 10.4. The van der Waals surface area contributed by atoms with Crippen molar-refractivity contribution in [2.45, 2.75) is 13.8 Å². The second-order valence-corrected chi connectivity index (χ2v) is 3.21. The van der Waals surface area contributed by atoms with Gasteiger partial charge in [-0.2, -0.15) is 0 Å². The summed E-state index contributed by atoms with van der Waals surface area (Å²) in [6.07, 6.45) is 0.494. The molecule has 1 amide bonds. The smallest absolute Gasteiger partial charge is 0.322 e. The molecule has 0 bridgehead atoms. The Balaban J connectivity index is 0.00000172. The number of carbonyl (C=O) groups is 2. The second-order valence-electron chi connectivity index (χ2n) is 3.21. The predicted octanol–water partition coefficient (Wildman–Crippen LogP) is 1.26. The number of amides is 1. The Hall–Kier alpha value is -2.57. The Kier molecular flexibility index (Phi) is 9.03. The van der Waals surface area contributed by atoms with Crippen LogP contribution >= 0.6 is 0 Å². The number of carboxylic acid groups (broad SMARTS) is 1. The number of aliphatic carboxylic acids is 1. The van der Waals surface area contributed by atoms with Gasteiger partial charge in [-0.05, 0) is 24.3 Å². The van der Waals surface area contributed by atoms with Gasteiger partial charge in [0.1, 0.15) is 13.7 Å². The maximum atomic E-state index is 10.4. The SMILES string of the molecule is CC.CO/N=C(\NC=O)c1ccc(NCC(=O)O)cc1. The van der Waals surface area contributed by atoms with Crippen molar-refractivity contribution in [2.75, 3.05) is 19.0 Å². The number of hydrogen-bond donors (Lipinski definition) is 3. The van der Waals surface area contributed by atoms with Gasteiger partial charge in [-0.15, -0.1) is 0 Å². The summed E-state index contributed by atoms with van der Waals surface area (Å²) in [7, 11) is 1.37. The maximum absolute atomic E-state index is 10.4. The van der Waals surface area contributed by atoms with E-state index in [-0.39, 0.29) is 12.4 Å². The molecule has 0 aromatic heterocycles. The molecular weight excluding hydrogens is 262 g/mol. The van der Waals surface area contributed by atoms with Gasteiger partial charge in [-0.1, -0.05) is 19.0 Å². The van der Waals surface area contributed by atoms with Gasteiger partial charge >= 0.3 is 5.97 Å². The van der Waals surface area contributed by atoms with Crippen molar-refractivity contribution in [1.29, 1.82) is 0 Å². The molecule has 7 heteroatoms. The molecule has 7 nitrogen and oxygen atoms in total. The van der Waals surface area contributed by atoms with E-state index in [1.807, 2.05) is 13.8 Å². The molecule has 110 valence electrons. The van der Waals surface area contributed by atoms with Crippen LogP contribution in [0.5, 0.6) is 0 Å². The first kappa shape index (κ1) is 17.4. The highest BCUT2D eigenvalue weighted by Gasteiger charge is 2.04. The largest absolute Gasteiger partial charge is 0.480 e. The summed E-state index contributed by atoms with van der Waals surface area (Å²) in [5, 5.41) is 17.3. The standard InChI is InChI=1S/C11H13N3O4.C2H6/c1-18-14-11(13-7-15)8-2-4-9(5-3-8)12-6-10(16)17;1-2/h2-5,7,12H,6H2,1H3,(H,16,17)(H,13,14,15);1-2H3. The van der Waals surface area contributed by atoms with E-state index in [9.17, 15) is 9.59 Å². The van der Waals surface area contributed by atoms with Crippen molar-refractivity contribution in [1.82, 2.24) is 5.32 Å². The van der Waals surface area contributed by atoms with Crippen LogP contribution in [0.4, 0.5) is 5.69 Å². The highest BCUT2D eigenvalue weighted by atomic mass is 16.6. The molecule has 0 saturated heterocycles. The third-order valence-corrected chi connectivity index (χ3v) is 1.98. The number of rotatable bonds is 6. The number of hydrogen-bond acceptors (Lipinski definition) is 5. The van der Waals surface area contributed by atoms with Crippen LogP contribution in [0.1, 0.15) is 19.4 Å². The van der Waals surface area contributed by atoms with Gasteiger partial charge in [0, 0.05) is 11.3 Å². The van der Waals surface area contributed by atoms with E-state index < -0.39 is 5.97 Å². The lowest BCUT2D eigenvalue weighted by Gasteiger charge is -2.06. The third-order valence-electron chi connectivity index (χ3n) is 1.98. The number of nitrogens with zero attached hydrogens (tertiary/aromatic N) is 1. The molecule has 1 rings (SSSR count). The highest BCUT2D eigenvalue weighted by Crippen LogP contribution is 2.09. The minimum absolute atomic E-state index is 0.162. The van der Waals surface area contributed by atoms with E-state index >= 15 is 0 Å². The molecule has 0 radical (unpaired) electrons. The van der Waals surface area contributed by atoms with Gasteiger partial charge in [-0.3, -0.25) is 9.59 Å². The number of nitrogens with one attached hydrogen (secondary N) is 2. The molecule has 0 spiro atoms. The number of benzene rings is 1. The average molecular weight is 281 g/mol. The van der Waals surface area contributed by atoms with Crippen molar-refractivity contribution in [3.8, 4) is 0 Å². The fraction of sp³-hybridized carbons (Fsp3) is 0.308. The van der Waals surface area contributed by atoms with Gasteiger partial charge < -0.3 is 20.6 Å². The summed E-state index contributed by atoms with van der Waals surface area (Å²) < 4.78 is 0. The zero-order valence-electron chi connectivity index (χ0n) is 11.7. The van der Waals surface area contributed by atoms with Crippen LogP contribution in [-0.2, 0) is 14.4 Å². The molecule has 0 aliphatic heterocycles. The molecule has 1 aromatic carbocycles. The minimum Gasteiger partial charge on any atom is -0.480 e. The molecule has 0 fully saturated rings. The first-order valence-corrected chi connectivity index (χ1v) is 6.05. The van der Waals surface area contributed by atoms with Crippen LogP contribution in [0.25, 0.3) is 0 Å². The van der Waals surface area contributed by atoms with E-state index in [0.29, 0.717) is 17.7 Å². The Morgan fingerprint density at radius 3 is 2.40 bits per heavy atom. The van der Waals surface area contributed by atoms with E-state index in [0.717, 1.165) is 0 Å². The molecule has 1 aromatic rings. The Bertz CT molecular complexity index is 443. The minimum atomic E-state index is -0.941. The van der Waals surface area contributed by atoms with Gasteiger partial charge in [0.25, 0.3) is 0 Å². The molecular formula is C13H19N3O4. The van der Waals surface area contributed by atoms with E-state index in [4.69, 9.17) is 5.11 Å². The monoisotopic (exact) mass is 281 g/mol. The third kappa shape index (κ3) is 6.39. The Morgan fingerprint density at radius 1 is 1.35 bits per heavy atom. The average Bonchev–Trinajstić information content (AvgIpc) is 2.47. The zero-order valence-corrected chi connectivity index (χ0v) is 11.7. The lowest BCUT2D eigenvalue weighted by Crippen LogP contribution is -2.23. The maximum Gasteiger partial charge on any atom is 0.322 e. The summed E-state index contributed by atoms with van der Waals surface area (Å²) in [4.78, 5) is 25.3. The van der Waals surface area contributed by atoms with Crippen molar-refractivity contribution in [3.05, 3.63) is 29.8 Å². The summed E-state index contributed by atoms with van der Waals surface area (Å²) in [5.74, 6) is -0.666. The van der Waals surface area contributed by atoms with Crippen molar-refractivity contribution < 1.29 is 19.5 Å². The Morgan fingerprint density at radius 2 is 1.95 bits per heavy atom. The molecule has 0 saturated carbocycles. The molecule has 0 heterocycles. The summed E-state index contributed by atoms with van der Waals surface area (Å²) in [6.45, 7) is 3.84. The molecule has 0 aliphatic rings. The topological polar surface area (TPSA) is 100 Å². The number of amidine groups is 1. The van der Waals surface area contributed by atoms with Crippen molar-refractivity contribution in [2.24, 2.45) is 5.16 Å². The number of carboxylic acids is 1. The lowest BCUT2D eigenvalue weighted by molar-refractivity contribution is -0.134. The Labute approximate surface area is 117 Å². The predicted molar refractivity (Wildman–Crippen MR) is 76.7 cm³/mol. The van der Waals surface area contributed by atoms with E-state index in [1.165, 1.54) is 7.11 Å². The number of anilines is 1. The highest BCUT2D eigenvalue weighted by molar-refractivity contribution is 6.03. The van der Waals surface area contributed by atoms with Gasteiger partial charge in [0.2, 0.25) is 6.41 Å². The summed E-state index contributed by atoms with van der Waals surface area (Å²) >= 11 is 0. The molecule has 3 N–H and O–H groups in total. The normalized spacial score (nSPS) is 9.85. The quantitative estimate of drug-likeness (QED) is 0.315. The van der Waals surface area contributed by atoms with Crippen LogP contribution in [0.2, 0.25) is 0 Å². The first-order valence-electron chi connectivity index (χ1n) is 6.05. The van der Waals surface area contributed by atoms with E-state index in [2.05, 4.69) is 20.6 Å². The number of oxime groups is 1. The van der Waals surface area contributed by atoms with Crippen LogP contribution in [0, 0.1) is 0 Å². The molecule has 0 unspecified atom stereocenters. The van der Waals surface area contributed by atoms with Crippen LogP contribution in [0.15, 0.2) is 29.4 Å². The molecule has 0 atom stereocenters. The first-order chi connectivity index (χ1) is 9.67. The van der Waals surface area contributed by atoms with Crippen LogP contribution in [-0.4, -0.2) is 37.0 Å². The van der Waals surface area contributed by atoms with Gasteiger partial charge in [0.15, 0.2) is 5.84 Å². The van der Waals surface area contributed by atoms with Gasteiger partial charge in [-0.25, -0.2) is 0 Å². The summed E-state index contributed by atoms with van der Waals surface area (Å²) in [6, 6.07) is 6.71. The van der Waals surface area contributed by atoms with Crippen LogP contribution in [0.3, 0.4) is 0 Å². The fourth-order valence-electron chi connectivity index (χ4n) is 1.23. The molecule has 20 heavy (non-hydrogen) atoms. The van der Waals surface area contributed by atoms with Crippen molar-refractivity contribution >= 4 is 23.9 Å². The van der Waals surface area contributed by atoms with Crippen molar-refractivity contribution in [3.63, 3.8) is 0 Å². The summed E-state index contributed by atoms with van der Waals surface area (Å²) in [5.41, 5.74) is 1.30. The zero-order chi connectivity index (χ0) is 15.4. The van der Waals surface area contributed by atoms with Gasteiger partial charge in [0.05, 0.1) is 0 Å².